The molecule has 3 heterocycles. The van der Waals surface area contributed by atoms with Crippen molar-refractivity contribution in [2.75, 3.05) is 32.8 Å². The number of fused-ring (bicyclic) bond motifs is 1. The molecule has 1 unspecified atom stereocenters. The molecule has 0 radical (unpaired) electrons. The quantitative estimate of drug-likeness (QED) is 0.607. The van der Waals surface area contributed by atoms with Gasteiger partial charge in [-0.2, -0.15) is 0 Å². The number of ether oxygens (including phenoxy) is 3. The first-order valence-corrected chi connectivity index (χ1v) is 9.55. The van der Waals surface area contributed by atoms with E-state index in [0.29, 0.717) is 36.0 Å². The van der Waals surface area contributed by atoms with Crippen LogP contribution in [0.3, 0.4) is 0 Å². The maximum Gasteiger partial charge on any atom is 0.573 e. The van der Waals surface area contributed by atoms with Crippen LogP contribution in [0.15, 0.2) is 42.6 Å². The van der Waals surface area contributed by atoms with Gasteiger partial charge in [-0.1, -0.05) is 12.1 Å². The average molecular weight is 422 g/mol. The molecule has 0 amide bonds. The van der Waals surface area contributed by atoms with Crippen LogP contribution in [0.5, 0.6) is 11.6 Å². The van der Waals surface area contributed by atoms with E-state index < -0.39 is 6.36 Å². The van der Waals surface area contributed by atoms with Gasteiger partial charge in [-0.3, -0.25) is 4.90 Å². The van der Waals surface area contributed by atoms with Crippen molar-refractivity contribution in [2.45, 2.75) is 19.4 Å². The fourth-order valence-corrected chi connectivity index (χ4v) is 3.36. The third kappa shape index (κ3) is 5.00. The molecule has 7 nitrogen and oxygen atoms in total. The van der Waals surface area contributed by atoms with E-state index in [4.69, 9.17) is 9.47 Å². The van der Waals surface area contributed by atoms with Gasteiger partial charge in [0.1, 0.15) is 11.9 Å². The first kappa shape index (κ1) is 20.4. The Morgan fingerprint density at radius 3 is 2.73 bits per heavy atom. The van der Waals surface area contributed by atoms with Crippen LogP contribution in [0.25, 0.3) is 16.9 Å². The van der Waals surface area contributed by atoms with Crippen LogP contribution in [0.4, 0.5) is 13.2 Å². The molecular weight excluding hydrogens is 401 g/mol. The second-order valence-corrected chi connectivity index (χ2v) is 7.00. The summed E-state index contributed by atoms with van der Waals surface area (Å²) in [5.74, 6) is 0.103. The van der Waals surface area contributed by atoms with Gasteiger partial charge in [0.25, 0.3) is 0 Å². The van der Waals surface area contributed by atoms with E-state index in [2.05, 4.69) is 19.7 Å². The zero-order chi connectivity index (χ0) is 21.1. The Kier molecular flexibility index (Phi) is 5.78. The number of morpholine rings is 1. The summed E-state index contributed by atoms with van der Waals surface area (Å²) in [6.45, 7) is 5.87. The number of rotatable bonds is 6. The Balaban J connectivity index is 1.54. The van der Waals surface area contributed by atoms with Gasteiger partial charge < -0.3 is 14.2 Å². The molecule has 1 saturated heterocycles. The van der Waals surface area contributed by atoms with Crippen LogP contribution < -0.4 is 9.47 Å². The highest BCUT2D eigenvalue weighted by Gasteiger charge is 2.31. The minimum Gasteiger partial charge on any atom is -0.472 e. The molecule has 0 bridgehead atoms. The summed E-state index contributed by atoms with van der Waals surface area (Å²) in [5.41, 5.74) is 1.58. The molecule has 0 saturated carbocycles. The first-order valence-electron chi connectivity index (χ1n) is 9.55. The zero-order valence-corrected chi connectivity index (χ0v) is 16.3. The second kappa shape index (κ2) is 8.49. The Labute approximate surface area is 171 Å². The molecular formula is C20H21F3N4O3. The third-order valence-corrected chi connectivity index (χ3v) is 4.64. The maximum atomic E-state index is 12.5. The van der Waals surface area contributed by atoms with Crippen molar-refractivity contribution in [3.63, 3.8) is 0 Å². The van der Waals surface area contributed by atoms with Crippen molar-refractivity contribution in [1.29, 1.82) is 0 Å². The number of halogens is 3. The predicted molar refractivity (Wildman–Crippen MR) is 102 cm³/mol. The fourth-order valence-electron chi connectivity index (χ4n) is 3.36. The van der Waals surface area contributed by atoms with Crippen LogP contribution in [0, 0.1) is 0 Å². The smallest absolute Gasteiger partial charge is 0.472 e. The summed E-state index contributed by atoms with van der Waals surface area (Å²) in [4.78, 5) is 6.54. The molecule has 2 aromatic heterocycles. The summed E-state index contributed by atoms with van der Waals surface area (Å²) < 4.78 is 54.5. The second-order valence-electron chi connectivity index (χ2n) is 7.00. The molecule has 1 aliphatic rings. The summed E-state index contributed by atoms with van der Waals surface area (Å²) in [6.07, 6.45) is -3.30. The predicted octanol–water partition coefficient (Wildman–Crippen LogP) is 3.39. The van der Waals surface area contributed by atoms with Crippen molar-refractivity contribution >= 4 is 5.65 Å². The maximum absolute atomic E-state index is 12.5. The van der Waals surface area contributed by atoms with E-state index in [1.165, 1.54) is 18.2 Å². The number of aromatic nitrogens is 3. The minimum atomic E-state index is -4.76. The number of hydrogen-bond donors (Lipinski definition) is 0. The topological polar surface area (TPSA) is 61.1 Å². The number of nitrogens with zero attached hydrogens (tertiary/aromatic N) is 4. The van der Waals surface area contributed by atoms with E-state index >= 15 is 0 Å². The van der Waals surface area contributed by atoms with Crippen LogP contribution in [0.2, 0.25) is 0 Å². The number of hydrogen-bond acceptors (Lipinski definition) is 6. The Bertz CT molecular complexity index is 1000. The zero-order valence-electron chi connectivity index (χ0n) is 16.3. The van der Waals surface area contributed by atoms with Gasteiger partial charge >= 0.3 is 6.36 Å². The van der Waals surface area contributed by atoms with Gasteiger partial charge in [0.05, 0.1) is 25.1 Å². The molecule has 1 aliphatic heterocycles. The SMILES string of the molecule is CC(CN1CCOCC1)Oc1ccc2ncc(-c3cccc(OC(F)(F)F)c3)n2n1. The van der Waals surface area contributed by atoms with Crippen molar-refractivity contribution in [3.8, 4) is 22.9 Å². The van der Waals surface area contributed by atoms with E-state index in [9.17, 15) is 13.2 Å². The number of imidazole rings is 1. The molecule has 10 heteroatoms. The highest BCUT2D eigenvalue weighted by atomic mass is 19.4. The van der Waals surface area contributed by atoms with Gasteiger partial charge in [-0.25, -0.2) is 9.50 Å². The summed E-state index contributed by atoms with van der Waals surface area (Å²) in [7, 11) is 0. The summed E-state index contributed by atoms with van der Waals surface area (Å²) in [5, 5.41) is 4.47. The van der Waals surface area contributed by atoms with Crippen molar-refractivity contribution in [2.24, 2.45) is 0 Å². The normalized spacial score (nSPS) is 16.5. The molecule has 1 aromatic carbocycles. The molecule has 0 aliphatic carbocycles. The number of alkyl halides is 3. The Morgan fingerprint density at radius 1 is 1.17 bits per heavy atom. The van der Waals surface area contributed by atoms with Gasteiger partial charge in [0, 0.05) is 31.3 Å². The Hall–Kier alpha value is -2.85. The minimum absolute atomic E-state index is 0.0939. The van der Waals surface area contributed by atoms with Gasteiger partial charge in [0.2, 0.25) is 5.88 Å². The van der Waals surface area contributed by atoms with Crippen LogP contribution in [-0.2, 0) is 4.74 Å². The van der Waals surface area contributed by atoms with Crippen LogP contribution in [0.1, 0.15) is 6.92 Å². The molecule has 3 aromatic rings. The van der Waals surface area contributed by atoms with E-state index in [1.54, 1.807) is 28.9 Å². The lowest BCUT2D eigenvalue weighted by Crippen LogP contribution is -2.41. The van der Waals surface area contributed by atoms with Crippen molar-refractivity contribution in [3.05, 3.63) is 42.6 Å². The fraction of sp³-hybridized carbons (Fsp3) is 0.400. The lowest BCUT2D eigenvalue weighted by atomic mass is 10.1. The molecule has 1 fully saturated rings. The molecule has 1 atom stereocenters. The molecule has 30 heavy (non-hydrogen) atoms. The van der Waals surface area contributed by atoms with E-state index in [0.717, 1.165) is 19.6 Å². The Morgan fingerprint density at radius 2 is 1.97 bits per heavy atom. The van der Waals surface area contributed by atoms with Crippen molar-refractivity contribution in [1.82, 2.24) is 19.5 Å². The third-order valence-electron chi connectivity index (χ3n) is 4.64. The summed E-state index contributed by atoms with van der Waals surface area (Å²) in [6, 6.07) is 9.18. The van der Waals surface area contributed by atoms with E-state index in [1.807, 2.05) is 6.92 Å². The monoisotopic (exact) mass is 422 g/mol. The molecule has 0 N–H and O–H groups in total. The largest absolute Gasteiger partial charge is 0.573 e. The van der Waals surface area contributed by atoms with Crippen LogP contribution in [-0.4, -0.2) is 64.8 Å². The lowest BCUT2D eigenvalue weighted by molar-refractivity contribution is -0.274. The molecule has 160 valence electrons. The van der Waals surface area contributed by atoms with Gasteiger partial charge in [-0.05, 0) is 25.1 Å². The average Bonchev–Trinajstić information content (AvgIpc) is 3.11. The van der Waals surface area contributed by atoms with Crippen LogP contribution >= 0.6 is 0 Å². The standard InChI is InChI=1S/C20H21F3N4O3/c1-14(13-26-7-9-28-10-8-26)29-19-6-5-18-24-12-17(27(18)25-19)15-3-2-4-16(11-15)30-20(21,22)23/h2-6,11-12,14H,7-10,13H2,1H3. The van der Waals surface area contributed by atoms with E-state index in [-0.39, 0.29) is 11.9 Å². The lowest BCUT2D eigenvalue weighted by Gasteiger charge is -2.29. The number of benzene rings is 1. The highest BCUT2D eigenvalue weighted by Crippen LogP contribution is 2.28. The van der Waals surface area contributed by atoms with Crippen molar-refractivity contribution < 1.29 is 27.4 Å². The van der Waals surface area contributed by atoms with Gasteiger partial charge in [0.15, 0.2) is 5.65 Å². The molecule has 4 rings (SSSR count). The van der Waals surface area contributed by atoms with Gasteiger partial charge in [-0.15, -0.1) is 18.3 Å². The first-order chi connectivity index (χ1) is 14.4. The summed E-state index contributed by atoms with van der Waals surface area (Å²) >= 11 is 0. The molecule has 0 spiro atoms. The highest BCUT2D eigenvalue weighted by molar-refractivity contribution is 5.64.